The van der Waals surface area contributed by atoms with Crippen LogP contribution in [-0.4, -0.2) is 26.0 Å². The van der Waals surface area contributed by atoms with Crippen molar-refractivity contribution in [2.24, 2.45) is 0 Å². The van der Waals surface area contributed by atoms with Crippen LogP contribution in [0.4, 0.5) is 0 Å². The molecule has 0 aliphatic rings. The number of hydrogen-bond acceptors (Lipinski definition) is 5. The first-order valence-electron chi connectivity index (χ1n) is 5.29. The first-order valence-corrected chi connectivity index (χ1v) is 5.29. The molecule has 0 spiro atoms. The van der Waals surface area contributed by atoms with E-state index >= 15 is 0 Å². The minimum atomic E-state index is -1.08. The molecule has 6 heteroatoms. The van der Waals surface area contributed by atoms with Gasteiger partial charge in [0, 0.05) is 18.6 Å². The molecule has 0 aromatic carbocycles. The van der Waals surface area contributed by atoms with Crippen molar-refractivity contribution >= 4 is 5.97 Å². The van der Waals surface area contributed by atoms with Crippen LogP contribution in [0.1, 0.15) is 29.1 Å². The minimum absolute atomic E-state index is 0.0215. The van der Waals surface area contributed by atoms with Crippen LogP contribution >= 0.6 is 0 Å². The van der Waals surface area contributed by atoms with Gasteiger partial charge in [-0.3, -0.25) is 9.97 Å². The fraction of sp³-hybridized carbons (Fsp3) is 0.167. The van der Waals surface area contributed by atoms with Crippen molar-refractivity contribution in [3.05, 3.63) is 48.2 Å². The molecule has 0 amide bonds. The van der Waals surface area contributed by atoms with Gasteiger partial charge in [0.25, 0.3) is 0 Å². The zero-order valence-electron chi connectivity index (χ0n) is 9.65. The number of rotatable bonds is 4. The van der Waals surface area contributed by atoms with Crippen molar-refractivity contribution in [3.8, 4) is 5.88 Å². The summed E-state index contributed by atoms with van der Waals surface area (Å²) in [5.74, 6) is -1.01. The Balaban J connectivity index is 2.22. The number of carboxylic acids is 1. The molecular weight excluding hydrogens is 234 g/mol. The number of ether oxygens (including phenoxy) is 1. The van der Waals surface area contributed by atoms with Crippen molar-refractivity contribution < 1.29 is 14.6 Å². The topological polar surface area (TPSA) is 85.2 Å². The van der Waals surface area contributed by atoms with Gasteiger partial charge in [-0.05, 0) is 19.1 Å². The third kappa shape index (κ3) is 2.60. The van der Waals surface area contributed by atoms with E-state index in [4.69, 9.17) is 9.84 Å². The molecule has 2 aromatic heterocycles. The molecule has 0 saturated heterocycles. The van der Waals surface area contributed by atoms with Crippen LogP contribution in [0, 0.1) is 0 Å². The number of aromatic carboxylic acids is 1. The summed E-state index contributed by atoms with van der Waals surface area (Å²) in [5, 5.41) is 9.00. The Morgan fingerprint density at radius 2 is 2.17 bits per heavy atom. The van der Waals surface area contributed by atoms with E-state index in [-0.39, 0.29) is 11.4 Å². The molecule has 0 radical (unpaired) electrons. The molecule has 2 rings (SSSR count). The maximum absolute atomic E-state index is 11.0. The van der Waals surface area contributed by atoms with E-state index in [0.717, 1.165) is 0 Å². The highest BCUT2D eigenvalue weighted by molar-refractivity contribution is 5.90. The quantitative estimate of drug-likeness (QED) is 0.882. The van der Waals surface area contributed by atoms with E-state index in [1.54, 1.807) is 31.6 Å². The molecule has 2 heterocycles. The van der Waals surface area contributed by atoms with Crippen LogP contribution in [0.25, 0.3) is 0 Å². The molecule has 2 aromatic rings. The predicted octanol–water partition coefficient (Wildman–Crippen LogP) is 1.71. The summed E-state index contributed by atoms with van der Waals surface area (Å²) in [5.41, 5.74) is 0.632. The van der Waals surface area contributed by atoms with Crippen molar-refractivity contribution in [2.45, 2.75) is 13.0 Å². The Bertz CT molecular complexity index is 545. The second-order valence-corrected chi connectivity index (χ2v) is 3.55. The highest BCUT2D eigenvalue weighted by Crippen LogP contribution is 2.21. The lowest BCUT2D eigenvalue weighted by Gasteiger charge is -2.13. The van der Waals surface area contributed by atoms with Crippen LogP contribution in [0.2, 0.25) is 0 Å². The zero-order chi connectivity index (χ0) is 13.0. The van der Waals surface area contributed by atoms with Crippen LogP contribution < -0.4 is 4.74 Å². The van der Waals surface area contributed by atoms with Crippen LogP contribution in [0.3, 0.4) is 0 Å². The molecule has 0 bridgehead atoms. The molecule has 18 heavy (non-hydrogen) atoms. The summed E-state index contributed by atoms with van der Waals surface area (Å²) >= 11 is 0. The standard InChI is InChI=1S/C12H11N3O3/c1-8(10-7-13-5-6-14-10)18-11-9(12(16)17)3-2-4-15-11/h2-8H,1H3,(H,16,17). The largest absolute Gasteiger partial charge is 0.477 e. The van der Waals surface area contributed by atoms with Crippen molar-refractivity contribution in [2.75, 3.05) is 0 Å². The normalized spacial score (nSPS) is 11.8. The van der Waals surface area contributed by atoms with Gasteiger partial charge in [-0.2, -0.15) is 0 Å². The smallest absolute Gasteiger partial charge is 0.341 e. The molecule has 1 atom stereocenters. The summed E-state index contributed by atoms with van der Waals surface area (Å²) in [7, 11) is 0. The van der Waals surface area contributed by atoms with Gasteiger partial charge in [-0.25, -0.2) is 9.78 Å². The monoisotopic (exact) mass is 245 g/mol. The Morgan fingerprint density at radius 3 is 2.83 bits per heavy atom. The number of nitrogens with zero attached hydrogens (tertiary/aromatic N) is 3. The van der Waals surface area contributed by atoms with Crippen molar-refractivity contribution in [1.82, 2.24) is 15.0 Å². The van der Waals surface area contributed by atoms with Gasteiger partial charge in [0.15, 0.2) is 0 Å². The maximum atomic E-state index is 11.0. The SMILES string of the molecule is CC(Oc1ncccc1C(=O)O)c1cnccn1. The number of pyridine rings is 1. The number of carboxylic acid groups (broad SMARTS) is 1. The summed E-state index contributed by atoms with van der Waals surface area (Å²) in [6.45, 7) is 1.75. The van der Waals surface area contributed by atoms with Crippen molar-refractivity contribution in [1.29, 1.82) is 0 Å². The Kier molecular flexibility index (Phi) is 3.47. The van der Waals surface area contributed by atoms with Gasteiger partial charge in [0.2, 0.25) is 5.88 Å². The lowest BCUT2D eigenvalue weighted by Crippen LogP contribution is -2.10. The average molecular weight is 245 g/mol. The number of carbonyl (C=O) groups is 1. The van der Waals surface area contributed by atoms with E-state index in [0.29, 0.717) is 5.69 Å². The lowest BCUT2D eigenvalue weighted by atomic mass is 10.2. The summed E-state index contributed by atoms with van der Waals surface area (Å²) in [4.78, 5) is 22.9. The Labute approximate surface area is 103 Å². The van der Waals surface area contributed by atoms with Gasteiger partial charge < -0.3 is 9.84 Å². The summed E-state index contributed by atoms with van der Waals surface area (Å²) < 4.78 is 5.50. The third-order valence-electron chi connectivity index (χ3n) is 2.29. The predicted molar refractivity (Wildman–Crippen MR) is 62.3 cm³/mol. The van der Waals surface area contributed by atoms with Gasteiger partial charge >= 0.3 is 5.97 Å². The van der Waals surface area contributed by atoms with Gasteiger partial charge in [-0.1, -0.05) is 0 Å². The van der Waals surface area contributed by atoms with E-state index < -0.39 is 12.1 Å². The van der Waals surface area contributed by atoms with Gasteiger partial charge in [0.1, 0.15) is 11.7 Å². The van der Waals surface area contributed by atoms with Crippen molar-refractivity contribution in [3.63, 3.8) is 0 Å². The second kappa shape index (κ2) is 5.22. The lowest BCUT2D eigenvalue weighted by molar-refractivity contribution is 0.0688. The summed E-state index contributed by atoms with van der Waals surface area (Å²) in [6, 6.07) is 2.98. The van der Waals surface area contributed by atoms with E-state index in [9.17, 15) is 4.79 Å². The Morgan fingerprint density at radius 1 is 1.33 bits per heavy atom. The van der Waals surface area contributed by atoms with Crippen LogP contribution in [0.5, 0.6) is 5.88 Å². The van der Waals surface area contributed by atoms with Crippen LogP contribution in [0.15, 0.2) is 36.9 Å². The second-order valence-electron chi connectivity index (χ2n) is 3.55. The molecule has 0 aliphatic carbocycles. The maximum Gasteiger partial charge on any atom is 0.341 e. The fourth-order valence-corrected chi connectivity index (χ4v) is 1.40. The van der Waals surface area contributed by atoms with Gasteiger partial charge in [0.05, 0.1) is 11.9 Å². The molecular formula is C12H11N3O3. The highest BCUT2D eigenvalue weighted by atomic mass is 16.5. The van der Waals surface area contributed by atoms with E-state index in [1.807, 2.05) is 0 Å². The number of hydrogen-bond donors (Lipinski definition) is 1. The molecule has 0 fully saturated rings. The molecule has 1 N–H and O–H groups in total. The Hall–Kier alpha value is -2.50. The third-order valence-corrected chi connectivity index (χ3v) is 2.29. The molecule has 1 unspecified atom stereocenters. The first kappa shape index (κ1) is 12.0. The molecule has 0 saturated carbocycles. The molecule has 6 nitrogen and oxygen atoms in total. The number of aromatic nitrogens is 3. The first-order chi connectivity index (χ1) is 8.68. The van der Waals surface area contributed by atoms with Gasteiger partial charge in [-0.15, -0.1) is 0 Å². The van der Waals surface area contributed by atoms with Crippen LogP contribution in [-0.2, 0) is 0 Å². The minimum Gasteiger partial charge on any atom is -0.477 e. The van der Waals surface area contributed by atoms with E-state index in [2.05, 4.69) is 15.0 Å². The summed E-state index contributed by atoms with van der Waals surface area (Å²) in [6.07, 6.45) is 5.72. The highest BCUT2D eigenvalue weighted by Gasteiger charge is 2.16. The van der Waals surface area contributed by atoms with E-state index in [1.165, 1.54) is 12.3 Å². The zero-order valence-corrected chi connectivity index (χ0v) is 9.65. The molecule has 92 valence electrons. The average Bonchev–Trinajstić information content (AvgIpc) is 2.40. The molecule has 0 aliphatic heterocycles. The fourth-order valence-electron chi connectivity index (χ4n) is 1.40.